The van der Waals surface area contributed by atoms with Crippen molar-refractivity contribution in [1.29, 1.82) is 1.43 Å². The van der Waals surface area contributed by atoms with E-state index >= 15 is 0 Å². The number of rotatable bonds is 3. The van der Waals surface area contributed by atoms with Crippen LogP contribution in [0.25, 0.3) is 1.43 Å². The molecule has 3 rings (SSSR count). The number of ether oxygens (including phenoxy) is 3. The molecule has 1 aromatic rings. The van der Waals surface area contributed by atoms with E-state index in [1.807, 2.05) is 0 Å². The molecule has 5 unspecified atom stereocenters. The highest BCUT2D eigenvalue weighted by molar-refractivity contribution is 5.73. The van der Waals surface area contributed by atoms with Crippen molar-refractivity contribution < 1.29 is 33.8 Å². The maximum atomic E-state index is 12.2. The molecule has 6 nitrogen and oxygen atoms in total. The van der Waals surface area contributed by atoms with Crippen molar-refractivity contribution in [2.75, 3.05) is 0 Å². The lowest BCUT2D eigenvalue weighted by atomic mass is 9.79. The molecule has 24 heavy (non-hydrogen) atoms. The summed E-state index contributed by atoms with van der Waals surface area (Å²) in [7, 11) is 0. The molecule has 0 radical (unpaired) electrons. The SMILES string of the molecule is [2H]OC(=O)C1C([2H])C(Oc2c([2H])cc3c(c2[2H])OC([2H])=C([2H])O3)C([2H])C(C(C)(C)C)N1[2H]. The highest BCUT2D eigenvalue weighted by Gasteiger charge is 2.38. The van der Waals surface area contributed by atoms with Crippen molar-refractivity contribution in [1.82, 2.24) is 5.31 Å². The number of benzene rings is 1. The van der Waals surface area contributed by atoms with E-state index in [1.165, 1.54) is 0 Å². The van der Waals surface area contributed by atoms with Gasteiger partial charge in [0.05, 0.1) is 2.74 Å². The fraction of sp³-hybridized carbons (Fsp3) is 0.500. The second-order valence-corrected chi connectivity index (χ2v) is 6.54. The van der Waals surface area contributed by atoms with Crippen molar-refractivity contribution in [3.05, 3.63) is 30.6 Å². The van der Waals surface area contributed by atoms with Crippen LogP contribution in [0.15, 0.2) is 30.6 Å². The third-order valence-electron chi connectivity index (χ3n) is 3.59. The largest absolute Gasteiger partial charge is 0.490 e. The molecule has 6 heteroatoms. The van der Waals surface area contributed by atoms with Gasteiger partial charge in [-0.05, 0) is 17.5 Å². The number of fused-ring (bicyclic) bond motifs is 1. The maximum Gasteiger partial charge on any atom is 0.320 e. The van der Waals surface area contributed by atoms with Crippen LogP contribution in [0.2, 0.25) is 1.41 Å². The Kier molecular flexibility index (Phi) is 2.47. The van der Waals surface area contributed by atoms with Gasteiger partial charge >= 0.3 is 5.97 Å². The van der Waals surface area contributed by atoms with Crippen molar-refractivity contribution in [3.63, 3.8) is 0 Å². The molecule has 0 aromatic heterocycles. The zero-order valence-electron chi connectivity index (χ0n) is 21.5. The first-order valence-corrected chi connectivity index (χ1v) is 7.42. The van der Waals surface area contributed by atoms with Gasteiger partial charge in [-0.15, -0.1) is 0 Å². The summed E-state index contributed by atoms with van der Waals surface area (Å²) in [5, 5.41) is 4.82. The van der Waals surface area contributed by atoms with Crippen molar-refractivity contribution in [2.45, 2.75) is 51.8 Å². The van der Waals surface area contributed by atoms with Gasteiger partial charge in [0.1, 0.15) is 34.5 Å². The van der Waals surface area contributed by atoms with Crippen LogP contribution >= 0.6 is 0 Å². The minimum absolute atomic E-state index is 0.123. The van der Waals surface area contributed by atoms with Gasteiger partial charge in [-0.3, -0.25) is 4.79 Å². The first-order valence-electron chi connectivity index (χ1n) is 11.4. The summed E-state index contributed by atoms with van der Waals surface area (Å²) < 4.78 is 80.1. The molecular weight excluding hydrogens is 310 g/mol. The summed E-state index contributed by atoms with van der Waals surface area (Å²) in [5.41, 5.74) is -0.702. The summed E-state index contributed by atoms with van der Waals surface area (Å²) in [6.45, 7) is 5.25. The predicted molar refractivity (Wildman–Crippen MR) is 88.3 cm³/mol. The van der Waals surface area contributed by atoms with Gasteiger partial charge in [0.25, 0.3) is 1.43 Å². The summed E-state index contributed by atoms with van der Waals surface area (Å²) in [5.74, 6) is -1.90. The fourth-order valence-electron chi connectivity index (χ4n) is 2.32. The molecule has 1 saturated heterocycles. The first kappa shape index (κ1) is 9.32. The summed E-state index contributed by atoms with van der Waals surface area (Å²) in [4.78, 5) is 12.2. The Labute approximate surface area is 152 Å². The predicted octanol–water partition coefficient (Wildman–Crippen LogP) is 2.93. The minimum atomic E-state index is -1.54. The van der Waals surface area contributed by atoms with Gasteiger partial charge in [-0.2, -0.15) is 0 Å². The molecule has 2 aliphatic heterocycles. The molecule has 0 amide bonds. The van der Waals surface area contributed by atoms with Gasteiger partial charge < -0.3 is 24.6 Å². The van der Waals surface area contributed by atoms with Crippen molar-refractivity contribution in [3.8, 4) is 17.2 Å². The number of piperidine rings is 1. The van der Waals surface area contributed by atoms with Gasteiger partial charge in [-0.1, -0.05) is 20.8 Å². The van der Waals surface area contributed by atoms with Gasteiger partial charge in [-0.25, -0.2) is 0 Å². The van der Waals surface area contributed by atoms with E-state index in [9.17, 15) is 4.79 Å². The van der Waals surface area contributed by atoms with Crippen LogP contribution in [0.1, 0.15) is 41.8 Å². The van der Waals surface area contributed by atoms with Crippen LogP contribution in [0, 0.1) is 5.41 Å². The second kappa shape index (κ2) is 6.36. The highest BCUT2D eigenvalue weighted by atomic mass is 16.5. The van der Waals surface area contributed by atoms with Gasteiger partial charge in [0.2, 0.25) is 0 Å². The Morgan fingerprint density at radius 2 is 2.21 bits per heavy atom. The standard InChI is InChI=1S/C18H23NO5/c1-18(2,3)16-10-12(8-13(19-16)17(20)21)24-11-4-5-14-15(9-11)23-7-6-22-14/h4-7,9,12-13,16,19H,8,10H2,1-3H3,(H,20,21)/i4D,6D,7D,8D,9D,10D/hD2. The summed E-state index contributed by atoms with van der Waals surface area (Å²) in [6, 6.07) is -2.15. The van der Waals surface area contributed by atoms with Crippen LogP contribution in [-0.2, 0) is 4.79 Å². The number of hydrogen-bond acceptors (Lipinski definition) is 6. The van der Waals surface area contributed by atoms with E-state index in [0.717, 1.165) is 11.4 Å². The Morgan fingerprint density at radius 1 is 1.46 bits per heavy atom. The number of aliphatic carboxylic acids is 1. The molecule has 0 bridgehead atoms. The molecule has 0 saturated carbocycles. The minimum Gasteiger partial charge on any atom is -0.490 e. The first-order chi connectivity index (χ1) is 14.8. The van der Waals surface area contributed by atoms with E-state index in [0.29, 0.717) is 0 Å². The van der Waals surface area contributed by atoms with Crippen LogP contribution in [0.3, 0.4) is 0 Å². The molecule has 0 aliphatic carbocycles. The maximum absolute atomic E-state index is 12.2. The molecule has 1 fully saturated rings. The monoisotopic (exact) mass is 341 g/mol. The van der Waals surface area contributed by atoms with Crippen LogP contribution in [0.4, 0.5) is 0 Å². The highest BCUT2D eigenvalue weighted by Crippen LogP contribution is 2.36. The molecule has 1 aromatic carbocycles. The third kappa shape index (κ3) is 3.64. The summed E-state index contributed by atoms with van der Waals surface area (Å²) >= 11 is 0. The Bertz CT molecular complexity index is 952. The topological polar surface area (TPSA) is 77.0 Å². The average Bonchev–Trinajstić information content (AvgIpc) is 2.67. The second-order valence-electron chi connectivity index (χ2n) is 6.54. The molecule has 2 N–H and O–H groups in total. The Hall–Kier alpha value is -2.21. The number of carbonyl (C=O) groups is 1. The molecule has 5 atom stereocenters. The van der Waals surface area contributed by atoms with Crippen molar-refractivity contribution in [2.24, 2.45) is 5.41 Å². The zero-order valence-corrected chi connectivity index (χ0v) is 13.5. The normalized spacial score (nSPS) is 38.4. The van der Waals surface area contributed by atoms with Gasteiger partial charge in [0, 0.05) is 27.6 Å². The molecule has 0 spiro atoms. The smallest absolute Gasteiger partial charge is 0.320 e. The van der Waals surface area contributed by atoms with Crippen molar-refractivity contribution >= 4 is 5.97 Å². The Balaban J connectivity index is 2.04. The molecule has 2 aliphatic rings. The molecular formula is C18H23NO5. The van der Waals surface area contributed by atoms with Crippen LogP contribution < -0.4 is 19.5 Å². The van der Waals surface area contributed by atoms with E-state index in [-0.39, 0.29) is 23.3 Å². The van der Waals surface area contributed by atoms with E-state index < -0.39 is 60.9 Å². The van der Waals surface area contributed by atoms with E-state index in [2.05, 4.69) is 5.11 Å². The molecule has 130 valence electrons. The quantitative estimate of drug-likeness (QED) is 0.880. The van der Waals surface area contributed by atoms with Gasteiger partial charge in [0.15, 0.2) is 11.5 Å². The lowest BCUT2D eigenvalue weighted by Gasteiger charge is -2.41. The molecule has 2 heterocycles. The number of carboxylic acids is 1. The average molecular weight is 341 g/mol. The number of hydrogen-bond donors (Lipinski definition) is 2. The van der Waals surface area contributed by atoms with E-state index in [1.54, 1.807) is 20.8 Å². The zero-order chi connectivity index (χ0) is 24.1. The number of nitrogens with one attached hydrogen (secondary N) is 1. The lowest BCUT2D eigenvalue weighted by Crippen LogP contribution is -2.56. The third-order valence-corrected chi connectivity index (χ3v) is 3.59. The number of carboxylic acid groups (broad SMARTS) is 1. The summed E-state index contributed by atoms with van der Waals surface area (Å²) in [6.07, 6.45) is -5.36. The Morgan fingerprint density at radius 3 is 2.92 bits per heavy atom. The fourth-order valence-corrected chi connectivity index (χ4v) is 2.32. The van der Waals surface area contributed by atoms with E-state index in [4.69, 9.17) is 25.3 Å². The van der Waals surface area contributed by atoms with Crippen LogP contribution in [-0.4, -0.2) is 29.3 Å². The van der Waals surface area contributed by atoms with Crippen LogP contribution in [0.5, 0.6) is 17.2 Å². The lowest BCUT2D eigenvalue weighted by molar-refractivity contribution is -0.141.